The second-order valence-electron chi connectivity index (χ2n) is 16.3. The normalized spacial score (nSPS) is 33.6. The van der Waals surface area contributed by atoms with Crippen LogP contribution in [0.2, 0.25) is 0 Å². The molecule has 0 bridgehead atoms. The van der Waals surface area contributed by atoms with Crippen molar-refractivity contribution in [3.63, 3.8) is 0 Å². The molecule has 0 aromatic heterocycles. The van der Waals surface area contributed by atoms with Crippen LogP contribution >= 0.6 is 35.3 Å². The number of carbonyl (C=O) groups excluding carboxylic acids is 4. The van der Waals surface area contributed by atoms with E-state index in [1.165, 1.54) is 0 Å². The molecular formula is C39H68N4O21S3. The van der Waals surface area contributed by atoms with Crippen LogP contribution in [0.3, 0.4) is 0 Å². The lowest BCUT2D eigenvalue weighted by molar-refractivity contribution is -0.205. The zero-order chi connectivity index (χ0) is 50.1. The fourth-order valence-electron chi connectivity index (χ4n) is 7.48. The average Bonchev–Trinajstić information content (AvgIpc) is 3.30. The van der Waals surface area contributed by atoms with E-state index in [4.69, 9.17) is 25.7 Å². The first-order chi connectivity index (χ1) is 31.7. The van der Waals surface area contributed by atoms with Gasteiger partial charge in [-0.05, 0) is 38.6 Å². The average molecular weight is 1030 g/mol. The maximum absolute atomic E-state index is 13.9. The van der Waals surface area contributed by atoms with Crippen molar-refractivity contribution in [3.05, 3.63) is 0 Å². The van der Waals surface area contributed by atoms with Gasteiger partial charge < -0.3 is 97.4 Å². The predicted molar refractivity (Wildman–Crippen MR) is 237 cm³/mol. The summed E-state index contributed by atoms with van der Waals surface area (Å²) in [5, 5.41) is 134. The van der Waals surface area contributed by atoms with Gasteiger partial charge in [-0.2, -0.15) is 0 Å². The fraction of sp³-hybridized carbons (Fsp3) is 0.872. The van der Waals surface area contributed by atoms with Crippen LogP contribution in [0.15, 0.2) is 0 Å². The maximum Gasteiger partial charge on any atom is 0.326 e. The highest BCUT2D eigenvalue weighted by Crippen LogP contribution is 2.32. The number of carboxylic acids is 1. The third kappa shape index (κ3) is 16.9. The number of thioether (sulfide) groups is 3. The second-order valence-corrected chi connectivity index (χ2v) is 19.9. The van der Waals surface area contributed by atoms with Crippen molar-refractivity contribution in [1.82, 2.24) is 10.2 Å². The molecule has 3 saturated heterocycles. The Balaban J connectivity index is 1.77. The number of imide groups is 1. The van der Waals surface area contributed by atoms with Crippen LogP contribution < -0.4 is 16.8 Å². The zero-order valence-corrected chi connectivity index (χ0v) is 39.1. The number of rotatable bonds is 28. The van der Waals surface area contributed by atoms with E-state index in [1.54, 1.807) is 0 Å². The highest BCUT2D eigenvalue weighted by atomic mass is 32.2. The Kier molecular flexibility index (Phi) is 26.1. The molecule has 18 atom stereocenters. The summed E-state index contributed by atoms with van der Waals surface area (Å²) in [6.07, 6.45) is -19.5. The molecule has 18 N–H and O–H groups in total. The van der Waals surface area contributed by atoms with Crippen molar-refractivity contribution in [2.45, 2.75) is 165 Å². The molecule has 0 spiro atoms. The number of hydrogen-bond donors (Lipinski definition) is 16. The molecule has 0 radical (unpaired) electrons. The monoisotopic (exact) mass is 1020 g/mol. The van der Waals surface area contributed by atoms with Crippen LogP contribution in [0.5, 0.6) is 0 Å². The Morgan fingerprint density at radius 1 is 0.552 bits per heavy atom. The number of nitrogens with zero attached hydrogens (tertiary/aromatic N) is 1. The molecule has 3 heterocycles. The van der Waals surface area contributed by atoms with Gasteiger partial charge in [0, 0.05) is 36.5 Å². The molecule has 0 aromatic rings. The van der Waals surface area contributed by atoms with Gasteiger partial charge >= 0.3 is 5.97 Å². The van der Waals surface area contributed by atoms with Crippen LogP contribution in [-0.2, 0) is 38.2 Å². The summed E-state index contributed by atoms with van der Waals surface area (Å²) in [5.41, 5.74) is 8.15. The van der Waals surface area contributed by atoms with Gasteiger partial charge in [0.05, 0.1) is 31.9 Å². The van der Waals surface area contributed by atoms with E-state index in [1.807, 2.05) is 0 Å². The minimum Gasteiger partial charge on any atom is -0.480 e. The molecule has 67 heavy (non-hydrogen) atoms. The molecule has 3 aliphatic rings. The van der Waals surface area contributed by atoms with Crippen molar-refractivity contribution < 1.29 is 105 Å². The van der Waals surface area contributed by atoms with Crippen molar-refractivity contribution in [1.29, 1.82) is 0 Å². The van der Waals surface area contributed by atoms with Gasteiger partial charge in [0.25, 0.3) is 0 Å². The first kappa shape index (κ1) is 59.4. The maximum atomic E-state index is 13.9. The van der Waals surface area contributed by atoms with Crippen LogP contribution in [0, 0.1) is 0 Å². The molecule has 3 fully saturated rings. The van der Waals surface area contributed by atoms with Crippen molar-refractivity contribution in [2.24, 2.45) is 11.5 Å². The number of hydrogen-bond acceptors (Lipinski definition) is 25. The highest BCUT2D eigenvalue weighted by molar-refractivity contribution is 8.00. The number of nitrogens with one attached hydrogen (secondary N) is 1. The molecule has 28 heteroatoms. The van der Waals surface area contributed by atoms with Gasteiger partial charge in [-0.3, -0.25) is 24.1 Å². The molecule has 0 aromatic carbocycles. The number of ether oxygens (including phenoxy) is 3. The van der Waals surface area contributed by atoms with Gasteiger partial charge in [0.1, 0.15) is 95.6 Å². The van der Waals surface area contributed by atoms with Crippen LogP contribution in [0.4, 0.5) is 0 Å². The van der Waals surface area contributed by atoms with E-state index in [9.17, 15) is 90.4 Å². The quantitative estimate of drug-likeness (QED) is 0.0324. The standard InChI is InChI=1S/C39H68N4O21S3/c40-10-2-1-4-17(41)26(50)18(42-23(47)7-11-65-37-33(57)30(54)27(51)20(14-44)62-37)5-3-6-19(36(60)61)43(24(48)8-12-66-38-34(58)31(55)28(52)21(15-45)63-38)25(49)9-13-67-39-35(59)32(56)29(53)22(16-46)64-39/h17-22,27-35,37-39,44-46,51-59H,1-16,40-41H2,(H,42,47)(H,60,61)/t17-,18?,19-,20+,21+,22+,27+,28+,29+,30-,31-,32-,33-,34-,35-,37+,38+,39+/m0/s1. The van der Waals surface area contributed by atoms with Crippen LogP contribution in [-0.4, -0.2) is 252 Å². The lowest BCUT2D eigenvalue weighted by Crippen LogP contribution is -2.57. The number of unbranched alkanes of at least 4 members (excludes halogenated alkanes) is 1. The Bertz CT molecular complexity index is 1510. The molecule has 1 unspecified atom stereocenters. The number of carbonyl (C=O) groups is 5. The Hall–Kier alpha value is -1.88. The summed E-state index contributed by atoms with van der Waals surface area (Å²) in [4.78, 5) is 68.0. The van der Waals surface area contributed by atoms with E-state index < -0.39 is 176 Å². The Morgan fingerprint density at radius 2 is 0.955 bits per heavy atom. The SMILES string of the molecule is NCCCC[C@H](N)C(=O)C(CCC[C@@H](C(=O)O)N(C(=O)CCS[C@H]1O[C@H](CO)[C@@H](O)[C@H](O)[C@@H]1O)C(=O)CCS[C@H]1O[C@H](CO)[C@@H](O)[C@H](O)[C@@H]1O)NC(=O)CCS[C@H]1O[C@H](CO)[C@@H](O)[C@H](O)[C@@H]1O. The molecule has 0 saturated carbocycles. The highest BCUT2D eigenvalue weighted by Gasteiger charge is 2.46. The lowest BCUT2D eigenvalue weighted by atomic mass is 9.95. The van der Waals surface area contributed by atoms with Gasteiger partial charge in [-0.1, -0.05) is 6.42 Å². The number of aliphatic hydroxyl groups is 12. The van der Waals surface area contributed by atoms with E-state index in [-0.39, 0.29) is 42.9 Å². The largest absolute Gasteiger partial charge is 0.480 e. The van der Waals surface area contributed by atoms with E-state index in [0.29, 0.717) is 24.3 Å². The molecule has 25 nitrogen and oxygen atoms in total. The summed E-state index contributed by atoms with van der Waals surface area (Å²) >= 11 is 2.46. The smallest absolute Gasteiger partial charge is 0.326 e. The number of carboxylic acid groups (broad SMARTS) is 1. The zero-order valence-electron chi connectivity index (χ0n) is 36.6. The molecule has 3 aliphatic heterocycles. The van der Waals surface area contributed by atoms with E-state index in [0.717, 1.165) is 35.3 Å². The minimum absolute atomic E-state index is 0.0262. The van der Waals surface area contributed by atoms with Crippen molar-refractivity contribution in [3.8, 4) is 0 Å². The molecule has 0 aliphatic carbocycles. The Labute approximate surface area is 398 Å². The summed E-state index contributed by atoms with van der Waals surface area (Å²) in [6.45, 7) is -1.76. The molecular weight excluding hydrogens is 957 g/mol. The summed E-state index contributed by atoms with van der Waals surface area (Å²) in [7, 11) is 0. The number of Topliss-reactive ketones (excluding diaryl/α,β-unsaturated/α-hetero) is 1. The van der Waals surface area contributed by atoms with Gasteiger partial charge in [-0.25, -0.2) is 4.79 Å². The third-order valence-corrected chi connectivity index (χ3v) is 14.9. The van der Waals surface area contributed by atoms with Gasteiger partial charge in [-0.15, -0.1) is 35.3 Å². The van der Waals surface area contributed by atoms with Gasteiger partial charge in [0.15, 0.2) is 5.78 Å². The topological polar surface area (TPSA) is 443 Å². The fourth-order valence-corrected chi connectivity index (χ4v) is 10.8. The molecule has 3 rings (SSSR count). The lowest BCUT2D eigenvalue weighted by Gasteiger charge is -2.39. The van der Waals surface area contributed by atoms with Crippen LogP contribution in [0.25, 0.3) is 0 Å². The first-order valence-corrected chi connectivity index (χ1v) is 25.0. The van der Waals surface area contributed by atoms with Crippen molar-refractivity contribution in [2.75, 3.05) is 43.6 Å². The number of nitrogens with two attached hydrogens (primary N) is 2. The first-order valence-electron chi connectivity index (χ1n) is 21.9. The van der Waals surface area contributed by atoms with Crippen molar-refractivity contribution >= 4 is 64.8 Å². The minimum atomic E-state index is -1.85. The molecule has 388 valence electrons. The number of aliphatic hydroxyl groups excluding tert-OH is 12. The van der Waals surface area contributed by atoms with E-state index in [2.05, 4.69) is 5.32 Å². The summed E-state index contributed by atoms with van der Waals surface area (Å²) in [5.74, 6) is -5.38. The molecule has 3 amide bonds. The number of aliphatic carboxylic acids is 1. The van der Waals surface area contributed by atoms with Crippen LogP contribution in [0.1, 0.15) is 57.8 Å². The number of amides is 3. The number of ketones is 1. The summed E-state index contributed by atoms with van der Waals surface area (Å²) in [6, 6.07) is -4.20. The second kappa shape index (κ2) is 29.5. The van der Waals surface area contributed by atoms with Gasteiger partial charge in [0.2, 0.25) is 17.7 Å². The third-order valence-electron chi connectivity index (χ3n) is 11.5. The summed E-state index contributed by atoms with van der Waals surface area (Å²) < 4.78 is 16.4. The predicted octanol–water partition coefficient (Wildman–Crippen LogP) is -6.76. The van der Waals surface area contributed by atoms with E-state index >= 15 is 0 Å². The Morgan fingerprint density at radius 3 is 1.33 bits per heavy atom.